The number of aromatic nitrogens is 1. The van der Waals surface area contributed by atoms with Crippen molar-refractivity contribution in [1.82, 2.24) is 9.29 Å². The number of anilines is 1. The molecule has 1 aromatic carbocycles. The van der Waals surface area contributed by atoms with E-state index in [1.54, 1.807) is 17.6 Å². The van der Waals surface area contributed by atoms with Crippen molar-refractivity contribution in [3.05, 3.63) is 40.8 Å². The molecular weight excluding hydrogens is 386 g/mol. The summed E-state index contributed by atoms with van der Waals surface area (Å²) in [6, 6.07) is 5.98. The molecule has 1 saturated heterocycles. The van der Waals surface area contributed by atoms with E-state index >= 15 is 0 Å². The van der Waals surface area contributed by atoms with Gasteiger partial charge >= 0.3 is 0 Å². The van der Waals surface area contributed by atoms with Crippen LogP contribution in [0.3, 0.4) is 0 Å². The highest BCUT2D eigenvalue weighted by Gasteiger charge is 2.61. The van der Waals surface area contributed by atoms with Crippen LogP contribution >= 0.6 is 11.3 Å². The fourth-order valence-corrected chi connectivity index (χ4v) is 7.33. The topological polar surface area (TPSA) is 99.6 Å². The number of amides is 1. The molecule has 2 aliphatic carbocycles. The number of sulfonamides is 1. The number of nitrogens with one attached hydrogen (secondary N) is 1. The van der Waals surface area contributed by atoms with Crippen molar-refractivity contribution in [2.45, 2.75) is 29.9 Å². The average molecular weight is 406 g/mol. The first-order valence-electron chi connectivity index (χ1n) is 8.95. The van der Waals surface area contributed by atoms with Crippen LogP contribution in [0.4, 0.5) is 5.69 Å². The molecule has 5 rings (SSSR count). The van der Waals surface area contributed by atoms with Gasteiger partial charge in [-0.3, -0.25) is 9.78 Å². The first-order valence-corrected chi connectivity index (χ1v) is 11.3. The maximum atomic E-state index is 13.2. The lowest BCUT2D eigenvalue weighted by atomic mass is 9.88. The summed E-state index contributed by atoms with van der Waals surface area (Å²) in [5.41, 5.74) is 1.99. The van der Waals surface area contributed by atoms with E-state index in [0.29, 0.717) is 23.0 Å². The molecule has 5 atom stereocenters. The van der Waals surface area contributed by atoms with E-state index in [0.717, 1.165) is 12.8 Å². The molecule has 27 heavy (non-hydrogen) atoms. The van der Waals surface area contributed by atoms with E-state index in [-0.39, 0.29) is 28.7 Å². The monoisotopic (exact) mass is 405 g/mol. The molecule has 1 aromatic heterocycles. The number of rotatable bonds is 4. The summed E-state index contributed by atoms with van der Waals surface area (Å²) in [6.45, 7) is 0.475. The molecule has 2 bridgehead atoms. The van der Waals surface area contributed by atoms with Crippen LogP contribution in [-0.2, 0) is 10.0 Å². The number of nitrogens with zero attached hydrogens (tertiary/aromatic N) is 2. The van der Waals surface area contributed by atoms with E-state index < -0.39 is 16.1 Å². The van der Waals surface area contributed by atoms with Crippen LogP contribution in [0.1, 0.15) is 22.5 Å². The molecule has 0 radical (unpaired) electrons. The average Bonchev–Trinajstić information content (AvgIpc) is 3.38. The van der Waals surface area contributed by atoms with Crippen molar-refractivity contribution in [2.24, 2.45) is 17.8 Å². The zero-order valence-corrected chi connectivity index (χ0v) is 16.0. The summed E-state index contributed by atoms with van der Waals surface area (Å²) < 4.78 is 28.0. The Balaban J connectivity index is 1.42. The van der Waals surface area contributed by atoms with Gasteiger partial charge < -0.3 is 10.4 Å². The second-order valence-corrected chi connectivity index (χ2v) is 10.3. The number of fused-ring (bicyclic) bond motifs is 1. The highest BCUT2D eigenvalue weighted by Crippen LogP contribution is 2.56. The second kappa shape index (κ2) is 6.10. The maximum absolute atomic E-state index is 13.2. The molecule has 3 fully saturated rings. The molecule has 1 aliphatic heterocycles. The van der Waals surface area contributed by atoms with Gasteiger partial charge in [-0.25, -0.2) is 8.42 Å². The van der Waals surface area contributed by atoms with Crippen LogP contribution in [0, 0.1) is 17.8 Å². The van der Waals surface area contributed by atoms with Gasteiger partial charge in [0.2, 0.25) is 10.0 Å². The quantitative estimate of drug-likeness (QED) is 0.808. The molecule has 9 heteroatoms. The summed E-state index contributed by atoms with van der Waals surface area (Å²) in [5, 5.41) is 13.2. The van der Waals surface area contributed by atoms with Gasteiger partial charge in [-0.15, -0.1) is 11.3 Å². The first kappa shape index (κ1) is 17.3. The van der Waals surface area contributed by atoms with E-state index in [4.69, 9.17) is 0 Å². The minimum atomic E-state index is -3.73. The summed E-state index contributed by atoms with van der Waals surface area (Å²) in [7, 11) is -3.73. The molecule has 2 N–H and O–H groups in total. The van der Waals surface area contributed by atoms with Crippen molar-refractivity contribution in [3.8, 4) is 0 Å². The SMILES string of the molecule is O=C(Nc1cccc(S(=O)(=O)N2C[C@@H]3C[C@H]4C[C@H]3[C@H]2[C@H]4O)c1)c1cncs1. The van der Waals surface area contributed by atoms with E-state index in [1.165, 1.54) is 34.0 Å². The van der Waals surface area contributed by atoms with Crippen LogP contribution in [0.15, 0.2) is 40.9 Å². The Morgan fingerprint density at radius 3 is 2.89 bits per heavy atom. The molecule has 0 spiro atoms. The number of hydrogen-bond donors (Lipinski definition) is 2. The first-order chi connectivity index (χ1) is 12.9. The number of benzene rings is 1. The summed E-state index contributed by atoms with van der Waals surface area (Å²) in [4.78, 5) is 16.7. The minimum Gasteiger partial charge on any atom is -0.391 e. The molecule has 2 aromatic rings. The Kier molecular flexibility index (Phi) is 3.91. The zero-order chi connectivity index (χ0) is 18.8. The third kappa shape index (κ3) is 2.64. The highest BCUT2D eigenvalue weighted by molar-refractivity contribution is 7.89. The molecule has 0 unspecified atom stereocenters. The Labute approximate surface area is 161 Å². The van der Waals surface area contributed by atoms with Crippen molar-refractivity contribution in [2.75, 3.05) is 11.9 Å². The zero-order valence-electron chi connectivity index (χ0n) is 14.4. The van der Waals surface area contributed by atoms with Gasteiger partial charge in [-0.05, 0) is 48.8 Å². The van der Waals surface area contributed by atoms with Gasteiger partial charge in [0.25, 0.3) is 5.91 Å². The second-order valence-electron chi connectivity index (χ2n) is 7.56. The molecule has 7 nitrogen and oxygen atoms in total. The standard InChI is InChI=1S/C18H19N3O4S2/c22-17-10-4-11-8-21(16(17)14(11)5-10)27(24,25)13-3-1-2-12(6-13)20-18(23)15-7-19-9-26-15/h1-3,6-7,9-11,14,16-17,22H,4-5,8H2,(H,20,23)/t10-,11-,14+,16-,17-/m0/s1. The van der Waals surface area contributed by atoms with Crippen molar-refractivity contribution < 1.29 is 18.3 Å². The predicted octanol–water partition coefficient (Wildman–Crippen LogP) is 1.79. The Hall–Kier alpha value is -1.81. The summed E-state index contributed by atoms with van der Waals surface area (Å²) in [5.74, 6) is 0.539. The highest BCUT2D eigenvalue weighted by atomic mass is 32.2. The number of carbonyl (C=O) groups excluding carboxylic acids is 1. The van der Waals surface area contributed by atoms with Crippen LogP contribution < -0.4 is 5.32 Å². The third-order valence-electron chi connectivity index (χ3n) is 6.16. The van der Waals surface area contributed by atoms with Gasteiger partial charge in [-0.2, -0.15) is 4.31 Å². The molecule has 2 saturated carbocycles. The molecule has 3 aliphatic rings. The van der Waals surface area contributed by atoms with Gasteiger partial charge in [0.1, 0.15) is 4.88 Å². The van der Waals surface area contributed by atoms with Crippen LogP contribution in [-0.4, -0.2) is 47.4 Å². The number of carbonyl (C=O) groups is 1. The lowest BCUT2D eigenvalue weighted by molar-refractivity contribution is 0.0731. The number of aliphatic hydroxyl groups is 1. The largest absolute Gasteiger partial charge is 0.391 e. The molecule has 2 heterocycles. The van der Waals surface area contributed by atoms with E-state index in [9.17, 15) is 18.3 Å². The number of thiazole rings is 1. The molecule has 1 amide bonds. The van der Waals surface area contributed by atoms with Crippen LogP contribution in [0.5, 0.6) is 0 Å². The van der Waals surface area contributed by atoms with E-state index in [1.807, 2.05) is 0 Å². The number of aliphatic hydroxyl groups excluding tert-OH is 1. The predicted molar refractivity (Wildman–Crippen MR) is 99.9 cm³/mol. The lowest BCUT2D eigenvalue weighted by Gasteiger charge is -2.28. The fourth-order valence-electron chi connectivity index (χ4n) is 5.03. The number of hydrogen-bond acceptors (Lipinski definition) is 6. The van der Waals surface area contributed by atoms with Gasteiger partial charge in [0.05, 0.1) is 28.7 Å². The minimum absolute atomic E-state index is 0.140. The van der Waals surface area contributed by atoms with Crippen LogP contribution in [0.2, 0.25) is 0 Å². The Morgan fingerprint density at radius 1 is 1.30 bits per heavy atom. The van der Waals surface area contributed by atoms with Crippen molar-refractivity contribution in [1.29, 1.82) is 0 Å². The van der Waals surface area contributed by atoms with Gasteiger partial charge in [0.15, 0.2) is 0 Å². The van der Waals surface area contributed by atoms with Crippen molar-refractivity contribution >= 4 is 33.0 Å². The van der Waals surface area contributed by atoms with E-state index in [2.05, 4.69) is 10.3 Å². The maximum Gasteiger partial charge on any atom is 0.267 e. The summed E-state index contributed by atoms with van der Waals surface area (Å²) in [6.07, 6.45) is 2.74. The van der Waals surface area contributed by atoms with Gasteiger partial charge in [0, 0.05) is 12.2 Å². The molecule has 142 valence electrons. The summed E-state index contributed by atoms with van der Waals surface area (Å²) >= 11 is 1.22. The van der Waals surface area contributed by atoms with Crippen molar-refractivity contribution in [3.63, 3.8) is 0 Å². The lowest BCUT2D eigenvalue weighted by Crippen LogP contribution is -2.43. The normalized spacial score (nSPS) is 32.1. The smallest absolute Gasteiger partial charge is 0.267 e. The van der Waals surface area contributed by atoms with Crippen LogP contribution in [0.25, 0.3) is 0 Å². The van der Waals surface area contributed by atoms with Gasteiger partial charge in [-0.1, -0.05) is 6.07 Å². The Bertz CT molecular complexity index is 990. The third-order valence-corrected chi connectivity index (χ3v) is 8.79. The Morgan fingerprint density at radius 2 is 2.15 bits per heavy atom. The molecular formula is C18H19N3O4S2. The fraction of sp³-hybridized carbons (Fsp3) is 0.444.